The van der Waals surface area contributed by atoms with Crippen molar-refractivity contribution >= 4 is 124 Å². The van der Waals surface area contributed by atoms with E-state index in [4.69, 9.17) is 0 Å². The highest BCUT2D eigenvalue weighted by Crippen LogP contribution is 2.52. The molecule has 0 unspecified atom stereocenters. The fraction of sp³-hybridized carbons (Fsp3) is 0.0250. The quantitative estimate of drug-likeness (QED) is 0.111. The second-order valence-electron chi connectivity index (χ2n) is 23.8. The Morgan fingerprint density at radius 1 is 0.256 bits per heavy atom. The molecule has 6 heterocycles. The molecule has 2 aromatic heterocycles. The third-order valence-electron chi connectivity index (χ3n) is 19.5. The van der Waals surface area contributed by atoms with Gasteiger partial charge in [-0.3, -0.25) is 0 Å². The fourth-order valence-electron chi connectivity index (χ4n) is 16.2. The maximum absolute atomic E-state index is 2.69. The summed E-state index contributed by atoms with van der Waals surface area (Å²) in [5, 5.41) is 5.08. The lowest BCUT2D eigenvalue weighted by atomic mass is 9.33. The maximum Gasteiger partial charge on any atom is 0.252 e. The van der Waals surface area contributed by atoms with Crippen LogP contribution in [0.1, 0.15) is 45.2 Å². The first-order valence-electron chi connectivity index (χ1n) is 30.2. The van der Waals surface area contributed by atoms with Crippen LogP contribution in [-0.4, -0.2) is 22.6 Å². The molecule has 0 atom stereocenters. The number of nitrogens with zero attached hydrogens (tertiary/aromatic N) is 4. The van der Waals surface area contributed by atoms with Gasteiger partial charge in [-0.2, -0.15) is 0 Å². The predicted octanol–water partition coefficient (Wildman–Crippen LogP) is 15.5. The van der Waals surface area contributed by atoms with Gasteiger partial charge < -0.3 is 18.9 Å². The highest BCUT2D eigenvalue weighted by Gasteiger charge is 2.46. The Morgan fingerprint density at radius 2 is 0.535 bits per heavy atom. The Bertz CT molecular complexity index is 4850. The van der Waals surface area contributed by atoms with E-state index in [1.165, 1.54) is 144 Å². The monoisotopic (exact) mass is 1090 g/mol. The normalized spacial score (nSPS) is 13.2. The van der Waals surface area contributed by atoms with Crippen LogP contribution < -0.4 is 42.6 Å². The average Bonchev–Trinajstić information content (AvgIpc) is 1.64. The minimum Gasteiger partial charge on any atom is -0.311 e. The highest BCUT2D eigenvalue weighted by molar-refractivity contribution is 7.01. The summed E-state index contributed by atoms with van der Waals surface area (Å²) in [4.78, 5) is 5.12. The highest BCUT2D eigenvalue weighted by atomic mass is 15.2. The van der Waals surface area contributed by atoms with Crippen molar-refractivity contribution in [2.45, 2.75) is 11.8 Å². The molecule has 0 radical (unpaired) electrons. The van der Waals surface area contributed by atoms with Crippen molar-refractivity contribution in [1.29, 1.82) is 0 Å². The number of aromatic nitrogens is 2. The topological polar surface area (TPSA) is 16.3 Å². The van der Waals surface area contributed by atoms with Gasteiger partial charge in [0.15, 0.2) is 0 Å². The van der Waals surface area contributed by atoms with E-state index in [2.05, 4.69) is 322 Å². The average molecular weight is 1090 g/mol. The van der Waals surface area contributed by atoms with Crippen molar-refractivity contribution in [3.63, 3.8) is 0 Å². The molecule has 0 saturated heterocycles. The first-order valence-corrected chi connectivity index (χ1v) is 30.2. The second-order valence-corrected chi connectivity index (χ2v) is 23.8. The molecule has 0 aliphatic carbocycles. The van der Waals surface area contributed by atoms with E-state index >= 15 is 0 Å². The van der Waals surface area contributed by atoms with Gasteiger partial charge in [-0.25, -0.2) is 0 Å². The molecular formula is C80H52B2N4. The minimum absolute atomic E-state index is 0.0119. The van der Waals surface area contributed by atoms with Gasteiger partial charge in [0, 0.05) is 78.9 Å². The minimum atomic E-state index is -0.103. The Hall–Kier alpha value is -10.8. The molecule has 0 fully saturated rings. The van der Waals surface area contributed by atoms with Crippen molar-refractivity contribution < 1.29 is 0 Å². The van der Waals surface area contributed by atoms with Gasteiger partial charge in [-0.1, -0.05) is 231 Å². The first-order chi connectivity index (χ1) is 42.8. The van der Waals surface area contributed by atoms with Crippen molar-refractivity contribution in [2.24, 2.45) is 0 Å². The molecule has 0 spiro atoms. The molecule has 4 nitrogen and oxygen atoms in total. The summed E-state index contributed by atoms with van der Waals surface area (Å²) in [6, 6.07) is 115. The van der Waals surface area contributed by atoms with Crippen LogP contribution in [0, 0.1) is 0 Å². The van der Waals surface area contributed by atoms with Gasteiger partial charge in [0.25, 0.3) is 13.4 Å². The summed E-state index contributed by atoms with van der Waals surface area (Å²) in [6.07, 6.45) is 0. The lowest BCUT2D eigenvalue weighted by Gasteiger charge is -2.40. The Kier molecular flexibility index (Phi) is 10.2. The number of para-hydroxylation sites is 6. The van der Waals surface area contributed by atoms with E-state index in [0.29, 0.717) is 0 Å². The fourth-order valence-corrected chi connectivity index (χ4v) is 16.2. The van der Waals surface area contributed by atoms with Crippen LogP contribution in [0.5, 0.6) is 0 Å². The van der Waals surface area contributed by atoms with E-state index < -0.39 is 0 Å². The summed E-state index contributed by atoms with van der Waals surface area (Å²) >= 11 is 0. The van der Waals surface area contributed by atoms with Crippen LogP contribution in [0.15, 0.2) is 303 Å². The molecule has 4 aliphatic heterocycles. The van der Waals surface area contributed by atoms with E-state index in [1.54, 1.807) is 0 Å². The molecule has 13 aromatic carbocycles. The number of benzene rings is 13. The number of hydrogen-bond acceptors (Lipinski definition) is 2. The third kappa shape index (κ3) is 6.56. The van der Waals surface area contributed by atoms with Crippen molar-refractivity contribution in [3.05, 3.63) is 337 Å². The molecule has 0 bridgehead atoms. The van der Waals surface area contributed by atoms with Gasteiger partial charge in [0.2, 0.25) is 0 Å². The lowest BCUT2D eigenvalue weighted by molar-refractivity contribution is 0.988. The molecule has 4 aliphatic rings. The van der Waals surface area contributed by atoms with Gasteiger partial charge in [-0.05, 0) is 139 Å². The third-order valence-corrected chi connectivity index (χ3v) is 19.5. The maximum atomic E-state index is 2.69. The molecule has 86 heavy (non-hydrogen) atoms. The van der Waals surface area contributed by atoms with E-state index in [1.807, 2.05) is 0 Å². The number of rotatable bonds is 8. The molecule has 0 saturated carbocycles. The van der Waals surface area contributed by atoms with Gasteiger partial charge in [0.1, 0.15) is 0 Å². The van der Waals surface area contributed by atoms with Crippen LogP contribution in [0.2, 0.25) is 0 Å². The molecule has 19 rings (SSSR count). The van der Waals surface area contributed by atoms with Gasteiger partial charge >= 0.3 is 0 Å². The van der Waals surface area contributed by atoms with E-state index in [9.17, 15) is 0 Å². The summed E-state index contributed by atoms with van der Waals surface area (Å²) in [7, 11) is 0. The smallest absolute Gasteiger partial charge is 0.252 e. The zero-order valence-corrected chi connectivity index (χ0v) is 47.0. The molecule has 398 valence electrons. The predicted molar refractivity (Wildman–Crippen MR) is 361 cm³/mol. The van der Waals surface area contributed by atoms with Crippen LogP contribution in [0.3, 0.4) is 0 Å². The number of fused-ring (bicyclic) bond motifs is 16. The lowest BCUT2D eigenvalue weighted by Crippen LogP contribution is -2.60. The molecule has 0 amide bonds. The zero-order valence-electron chi connectivity index (χ0n) is 47.0. The van der Waals surface area contributed by atoms with Crippen molar-refractivity contribution in [2.75, 3.05) is 9.80 Å². The zero-order chi connectivity index (χ0) is 56.1. The molecule has 6 heteroatoms. The van der Waals surface area contributed by atoms with Gasteiger partial charge in [0.05, 0.1) is 22.1 Å². The second kappa shape index (κ2) is 18.3. The molecule has 15 aromatic rings. The number of hydrogen-bond donors (Lipinski definition) is 0. The summed E-state index contributed by atoms with van der Waals surface area (Å²) in [5.74, 6) is -0.205. The Balaban J connectivity index is 1.04. The Labute approximate surface area is 499 Å². The van der Waals surface area contributed by atoms with Gasteiger partial charge in [-0.15, -0.1) is 0 Å². The summed E-state index contributed by atoms with van der Waals surface area (Å²) in [6.45, 7) is -0.0238. The van der Waals surface area contributed by atoms with Crippen LogP contribution >= 0.6 is 0 Å². The van der Waals surface area contributed by atoms with Crippen LogP contribution in [-0.2, 0) is 0 Å². The van der Waals surface area contributed by atoms with Crippen LogP contribution in [0.4, 0.5) is 34.1 Å². The molecule has 0 N–H and O–H groups in total. The largest absolute Gasteiger partial charge is 0.311 e. The SMILES string of the molecule is c1ccc(C(c2ccccc2)c2cc3c4c5c2c2cc6c(cc2n5-c2ccccc2B4c2ccccc2N3c2ccccc2)c2c(C(c3ccccc3)c3ccccc3)cc3c4c2n6-c2ccccc2B4c2ccccc2N3c2ccccc2)cc1. The van der Waals surface area contributed by atoms with Crippen molar-refractivity contribution in [1.82, 2.24) is 9.13 Å². The van der Waals surface area contributed by atoms with Crippen molar-refractivity contribution in [3.8, 4) is 11.4 Å². The van der Waals surface area contributed by atoms with E-state index in [-0.39, 0.29) is 25.3 Å². The standard InChI is InChI=1S/C80H52B2N4/c1-7-27-51(28-8-1)73(52-29-9-2-10-30-52)59-49-71-77-79-75(59)57-47-70-58(48-69(57)85(79)67-45-25-21-41-63(67)81(77)61-39-19-23-43-65(61)83(71)55-35-15-5-16-36-55)76-60(74(53-31-11-3-12-32-53)54-33-13-4-14-34-54)50-72-78-80(76)86(70)68-46-26-22-42-64(68)82(78)62-40-20-24-44-66(62)84(72)56-37-17-6-18-38-56/h1-50,73-74H. The first kappa shape index (κ1) is 47.7. The van der Waals surface area contributed by atoms with E-state index in [0.717, 1.165) is 11.4 Å². The summed E-state index contributed by atoms with van der Waals surface area (Å²) in [5.41, 5.74) is 30.1. The Morgan fingerprint density at radius 3 is 0.872 bits per heavy atom. The number of anilines is 6. The van der Waals surface area contributed by atoms with Crippen LogP contribution in [0.25, 0.3) is 55.0 Å². The molecular weight excluding hydrogens is 1040 g/mol. The summed E-state index contributed by atoms with van der Waals surface area (Å²) < 4.78 is 5.39.